The van der Waals surface area contributed by atoms with Crippen molar-refractivity contribution in [2.45, 2.75) is 43.7 Å². The molecule has 4 aromatic rings. The molecular weight excluding hydrogens is 408 g/mol. The zero-order valence-electron chi connectivity index (χ0n) is 17.3. The molecule has 0 saturated heterocycles. The molecule has 1 fully saturated rings. The number of rotatable bonds is 7. The Hall–Kier alpha value is -3.13. The van der Waals surface area contributed by atoms with Gasteiger partial charge in [-0.25, -0.2) is 4.98 Å². The van der Waals surface area contributed by atoms with Gasteiger partial charge in [0.25, 0.3) is 0 Å². The van der Waals surface area contributed by atoms with E-state index in [0.717, 1.165) is 34.7 Å². The van der Waals surface area contributed by atoms with Crippen LogP contribution in [0, 0.1) is 0 Å². The SMILES string of the molecule is CCc1ccccc1-n1cnnc1SCC(=O)Nc1ccc2nc(C3CCC3)[nH]c2c1. The molecule has 2 aromatic heterocycles. The quantitative estimate of drug-likeness (QED) is 0.413. The first-order valence-corrected chi connectivity index (χ1v) is 11.6. The van der Waals surface area contributed by atoms with Crippen LogP contribution in [-0.4, -0.2) is 36.4 Å². The van der Waals surface area contributed by atoms with Gasteiger partial charge in [-0.3, -0.25) is 9.36 Å². The standard InChI is InChI=1S/C23H24N6OS/c1-2-15-6-3-4-9-20(15)29-14-24-28-23(29)31-13-21(30)25-17-10-11-18-19(12-17)27-22(26-18)16-7-5-8-16/h3-4,6,9-12,14,16H,2,5,7-8,13H2,1H3,(H,25,30)(H,26,27). The maximum absolute atomic E-state index is 12.6. The number of hydrogen-bond donors (Lipinski definition) is 2. The monoisotopic (exact) mass is 432 g/mol. The fourth-order valence-electron chi connectivity index (χ4n) is 3.84. The summed E-state index contributed by atoms with van der Waals surface area (Å²) in [6, 6.07) is 14.0. The number of carbonyl (C=O) groups excluding carboxylic acids is 1. The summed E-state index contributed by atoms with van der Waals surface area (Å²) in [7, 11) is 0. The van der Waals surface area contributed by atoms with Crippen molar-refractivity contribution < 1.29 is 4.79 Å². The van der Waals surface area contributed by atoms with Crippen LogP contribution < -0.4 is 5.32 Å². The molecule has 0 radical (unpaired) electrons. The summed E-state index contributed by atoms with van der Waals surface area (Å²) in [6.45, 7) is 2.12. The molecule has 2 aromatic carbocycles. The van der Waals surface area contributed by atoms with Crippen LogP contribution in [0.2, 0.25) is 0 Å². The highest BCUT2D eigenvalue weighted by atomic mass is 32.2. The fourth-order valence-corrected chi connectivity index (χ4v) is 4.56. The third kappa shape index (κ3) is 4.07. The lowest BCUT2D eigenvalue weighted by molar-refractivity contribution is -0.113. The van der Waals surface area contributed by atoms with E-state index < -0.39 is 0 Å². The Morgan fingerprint density at radius 1 is 1.26 bits per heavy atom. The number of carbonyl (C=O) groups is 1. The van der Waals surface area contributed by atoms with Crippen LogP contribution in [0.5, 0.6) is 0 Å². The van der Waals surface area contributed by atoms with Gasteiger partial charge in [0.15, 0.2) is 5.16 Å². The average Bonchev–Trinajstić information content (AvgIpc) is 3.37. The van der Waals surface area contributed by atoms with Gasteiger partial charge in [-0.05, 0) is 49.1 Å². The van der Waals surface area contributed by atoms with Crippen molar-refractivity contribution >= 4 is 34.4 Å². The van der Waals surface area contributed by atoms with E-state index in [-0.39, 0.29) is 11.7 Å². The summed E-state index contributed by atoms with van der Waals surface area (Å²) in [5, 5.41) is 11.9. The molecule has 31 heavy (non-hydrogen) atoms. The Bertz CT molecular complexity index is 1230. The van der Waals surface area contributed by atoms with Gasteiger partial charge in [0, 0.05) is 11.6 Å². The molecular formula is C23H24N6OS. The second-order valence-corrected chi connectivity index (χ2v) is 8.73. The van der Waals surface area contributed by atoms with Gasteiger partial charge in [-0.15, -0.1) is 10.2 Å². The summed E-state index contributed by atoms with van der Waals surface area (Å²) < 4.78 is 1.94. The number of aromatic amines is 1. The van der Waals surface area contributed by atoms with Crippen LogP contribution in [0.15, 0.2) is 53.9 Å². The Kier molecular flexibility index (Phi) is 5.46. The Morgan fingerprint density at radius 3 is 2.94 bits per heavy atom. The van der Waals surface area contributed by atoms with Crippen molar-refractivity contribution in [3.63, 3.8) is 0 Å². The molecule has 2 N–H and O–H groups in total. The largest absolute Gasteiger partial charge is 0.342 e. The highest BCUT2D eigenvalue weighted by molar-refractivity contribution is 7.99. The number of benzene rings is 2. The van der Waals surface area contributed by atoms with Crippen LogP contribution >= 0.6 is 11.8 Å². The van der Waals surface area contributed by atoms with Gasteiger partial charge < -0.3 is 10.3 Å². The second-order valence-electron chi connectivity index (χ2n) is 7.78. The van der Waals surface area contributed by atoms with Gasteiger partial charge in [0.05, 0.1) is 22.5 Å². The van der Waals surface area contributed by atoms with Gasteiger partial charge in [-0.2, -0.15) is 0 Å². The molecule has 1 aliphatic rings. The number of aryl methyl sites for hydroxylation is 1. The minimum absolute atomic E-state index is 0.0820. The third-order valence-corrected chi connectivity index (χ3v) is 6.70. The number of fused-ring (bicyclic) bond motifs is 1. The number of thioether (sulfide) groups is 1. The second kappa shape index (κ2) is 8.55. The predicted octanol–water partition coefficient (Wildman–Crippen LogP) is 4.70. The van der Waals surface area contributed by atoms with E-state index in [4.69, 9.17) is 0 Å². The van der Waals surface area contributed by atoms with E-state index in [1.165, 1.54) is 36.6 Å². The number of anilines is 1. The van der Waals surface area contributed by atoms with Gasteiger partial charge >= 0.3 is 0 Å². The van der Waals surface area contributed by atoms with Crippen molar-refractivity contribution in [2.75, 3.05) is 11.1 Å². The fraction of sp³-hybridized carbons (Fsp3) is 0.304. The normalized spacial score (nSPS) is 14.0. The van der Waals surface area contributed by atoms with Crippen LogP contribution in [0.4, 0.5) is 5.69 Å². The summed E-state index contributed by atoms with van der Waals surface area (Å²) >= 11 is 1.37. The molecule has 0 aliphatic heterocycles. The highest BCUT2D eigenvalue weighted by Gasteiger charge is 2.22. The summed E-state index contributed by atoms with van der Waals surface area (Å²) in [5.74, 6) is 1.78. The molecule has 0 unspecified atom stereocenters. The molecule has 8 heteroatoms. The van der Waals surface area contributed by atoms with Crippen LogP contribution in [0.25, 0.3) is 16.7 Å². The summed E-state index contributed by atoms with van der Waals surface area (Å²) in [6.07, 6.45) is 6.29. The highest BCUT2D eigenvalue weighted by Crippen LogP contribution is 2.35. The smallest absolute Gasteiger partial charge is 0.234 e. The number of aromatic nitrogens is 5. The molecule has 5 rings (SSSR count). The number of H-pyrrole nitrogens is 1. The molecule has 1 saturated carbocycles. The van der Waals surface area contributed by atoms with Gasteiger partial charge in [0.2, 0.25) is 5.91 Å². The number of imidazole rings is 1. The van der Waals surface area contributed by atoms with E-state index >= 15 is 0 Å². The molecule has 158 valence electrons. The zero-order chi connectivity index (χ0) is 21.2. The molecule has 7 nitrogen and oxygen atoms in total. The minimum atomic E-state index is -0.0820. The van der Waals surface area contributed by atoms with Crippen LogP contribution in [0.3, 0.4) is 0 Å². The maximum Gasteiger partial charge on any atom is 0.234 e. The molecule has 2 heterocycles. The van der Waals surface area contributed by atoms with Gasteiger partial charge in [0.1, 0.15) is 12.2 Å². The number of nitrogens with one attached hydrogen (secondary N) is 2. The van der Waals surface area contributed by atoms with Gasteiger partial charge in [-0.1, -0.05) is 43.3 Å². The van der Waals surface area contributed by atoms with E-state index in [2.05, 4.69) is 38.5 Å². The topological polar surface area (TPSA) is 88.5 Å². The Labute approximate surface area is 184 Å². The first-order chi connectivity index (χ1) is 15.2. The number of para-hydroxylation sites is 1. The van der Waals surface area contributed by atoms with Crippen molar-refractivity contribution in [3.05, 3.63) is 60.2 Å². The molecule has 1 amide bonds. The van der Waals surface area contributed by atoms with E-state index in [1.807, 2.05) is 41.0 Å². The molecule has 0 atom stereocenters. The van der Waals surface area contributed by atoms with E-state index in [1.54, 1.807) is 6.33 Å². The Morgan fingerprint density at radius 2 is 2.13 bits per heavy atom. The van der Waals surface area contributed by atoms with Crippen molar-refractivity contribution in [2.24, 2.45) is 0 Å². The molecule has 1 aliphatic carbocycles. The summed E-state index contributed by atoms with van der Waals surface area (Å²) in [4.78, 5) is 20.7. The number of amides is 1. The first-order valence-electron chi connectivity index (χ1n) is 10.6. The molecule has 0 bridgehead atoms. The number of nitrogens with zero attached hydrogens (tertiary/aromatic N) is 4. The predicted molar refractivity (Wildman–Crippen MR) is 123 cm³/mol. The average molecular weight is 433 g/mol. The Balaban J connectivity index is 1.25. The number of hydrogen-bond acceptors (Lipinski definition) is 5. The first kappa shape index (κ1) is 19.8. The van der Waals surface area contributed by atoms with Crippen LogP contribution in [0.1, 0.15) is 43.5 Å². The van der Waals surface area contributed by atoms with E-state index in [9.17, 15) is 4.79 Å². The third-order valence-electron chi connectivity index (χ3n) is 5.76. The summed E-state index contributed by atoms with van der Waals surface area (Å²) in [5.41, 5.74) is 4.92. The van der Waals surface area contributed by atoms with Crippen LogP contribution in [-0.2, 0) is 11.2 Å². The zero-order valence-corrected chi connectivity index (χ0v) is 18.2. The van der Waals surface area contributed by atoms with Crippen molar-refractivity contribution in [1.82, 2.24) is 24.7 Å². The maximum atomic E-state index is 12.6. The lowest BCUT2D eigenvalue weighted by Crippen LogP contribution is -2.14. The minimum Gasteiger partial charge on any atom is -0.342 e. The lowest BCUT2D eigenvalue weighted by atomic mass is 9.85. The van der Waals surface area contributed by atoms with E-state index in [0.29, 0.717) is 11.1 Å². The lowest BCUT2D eigenvalue weighted by Gasteiger charge is -2.22. The molecule has 0 spiro atoms. The van der Waals surface area contributed by atoms with Crippen molar-refractivity contribution in [3.8, 4) is 5.69 Å². The van der Waals surface area contributed by atoms with Crippen molar-refractivity contribution in [1.29, 1.82) is 0 Å².